The summed E-state index contributed by atoms with van der Waals surface area (Å²) in [6, 6.07) is 5.26. The van der Waals surface area contributed by atoms with Crippen molar-refractivity contribution in [2.45, 2.75) is 43.8 Å². The average Bonchev–Trinajstić information content (AvgIpc) is 2.57. The molecule has 18 heavy (non-hydrogen) atoms. The van der Waals surface area contributed by atoms with Gasteiger partial charge in [-0.3, -0.25) is 0 Å². The number of piperidine rings is 1. The Bertz CT molecular complexity index is 435. The zero-order valence-corrected chi connectivity index (χ0v) is 10.5. The Morgan fingerprint density at radius 1 is 1.17 bits per heavy atom. The molecule has 0 saturated carbocycles. The van der Waals surface area contributed by atoms with Gasteiger partial charge in [0.2, 0.25) is 0 Å². The van der Waals surface area contributed by atoms with E-state index >= 15 is 0 Å². The molecular weight excluding hydrogens is 234 g/mol. The van der Waals surface area contributed by atoms with Gasteiger partial charge in [-0.1, -0.05) is 0 Å². The lowest BCUT2D eigenvalue weighted by Gasteiger charge is -2.37. The van der Waals surface area contributed by atoms with Gasteiger partial charge in [-0.25, -0.2) is 8.78 Å². The predicted molar refractivity (Wildman–Crippen MR) is 67.6 cm³/mol. The van der Waals surface area contributed by atoms with Crippen molar-refractivity contribution in [2.75, 3.05) is 12.4 Å². The first-order chi connectivity index (χ1) is 8.63. The minimum Gasteiger partial charge on any atom is -0.380 e. The van der Waals surface area contributed by atoms with Crippen LogP contribution in [0.1, 0.15) is 25.7 Å². The number of fused-ring (bicyclic) bond motifs is 2. The molecular formula is C14H18F2N2. The number of nitrogens with one attached hydrogen (secondary N) is 1. The Kier molecular flexibility index (Phi) is 2.98. The summed E-state index contributed by atoms with van der Waals surface area (Å²) in [5, 5.41) is 3.23. The number of hydrogen-bond donors (Lipinski definition) is 1. The van der Waals surface area contributed by atoms with Crippen LogP contribution in [0.15, 0.2) is 18.2 Å². The van der Waals surface area contributed by atoms with E-state index in [1.54, 1.807) is 0 Å². The Morgan fingerprint density at radius 3 is 2.44 bits per heavy atom. The lowest BCUT2D eigenvalue weighted by atomic mass is 9.97. The zero-order valence-electron chi connectivity index (χ0n) is 10.5. The molecule has 2 aliphatic rings. The molecule has 0 amide bonds. The molecule has 1 aromatic carbocycles. The van der Waals surface area contributed by atoms with Crippen LogP contribution in [0, 0.1) is 11.6 Å². The summed E-state index contributed by atoms with van der Waals surface area (Å²) in [4.78, 5) is 2.44. The predicted octanol–water partition coefficient (Wildman–Crippen LogP) is 3.00. The van der Waals surface area contributed by atoms with Gasteiger partial charge >= 0.3 is 0 Å². The second kappa shape index (κ2) is 4.50. The molecule has 2 bridgehead atoms. The van der Waals surface area contributed by atoms with Crippen LogP contribution < -0.4 is 5.32 Å². The van der Waals surface area contributed by atoms with Crippen LogP contribution in [0.2, 0.25) is 0 Å². The molecule has 2 unspecified atom stereocenters. The second-order valence-electron chi connectivity index (χ2n) is 5.49. The van der Waals surface area contributed by atoms with E-state index in [0.29, 0.717) is 23.8 Å². The van der Waals surface area contributed by atoms with Gasteiger partial charge in [0, 0.05) is 24.2 Å². The molecule has 2 fully saturated rings. The van der Waals surface area contributed by atoms with E-state index in [-0.39, 0.29) is 0 Å². The van der Waals surface area contributed by atoms with E-state index in [1.807, 2.05) is 0 Å². The monoisotopic (exact) mass is 252 g/mol. The largest absolute Gasteiger partial charge is 0.380 e. The van der Waals surface area contributed by atoms with E-state index in [0.717, 1.165) is 18.9 Å². The molecule has 1 aromatic rings. The zero-order chi connectivity index (χ0) is 12.7. The maximum Gasteiger partial charge on any atom is 0.149 e. The Morgan fingerprint density at radius 2 is 1.83 bits per heavy atom. The van der Waals surface area contributed by atoms with Crippen LogP contribution >= 0.6 is 0 Å². The Hall–Kier alpha value is -1.16. The number of benzene rings is 1. The van der Waals surface area contributed by atoms with Crippen molar-refractivity contribution >= 4 is 5.69 Å². The van der Waals surface area contributed by atoms with Crippen molar-refractivity contribution in [1.29, 1.82) is 0 Å². The molecule has 0 aromatic heterocycles. The van der Waals surface area contributed by atoms with Gasteiger partial charge in [0.25, 0.3) is 0 Å². The molecule has 2 nitrogen and oxygen atoms in total. The van der Waals surface area contributed by atoms with Crippen LogP contribution in [0.3, 0.4) is 0 Å². The van der Waals surface area contributed by atoms with Crippen molar-refractivity contribution in [2.24, 2.45) is 0 Å². The third-order valence-electron chi connectivity index (χ3n) is 4.39. The van der Waals surface area contributed by atoms with Crippen molar-refractivity contribution in [3.8, 4) is 0 Å². The highest BCUT2D eigenvalue weighted by molar-refractivity contribution is 5.45. The summed E-state index contributed by atoms with van der Waals surface area (Å²) >= 11 is 0. The van der Waals surface area contributed by atoms with E-state index in [2.05, 4.69) is 17.3 Å². The molecule has 2 heterocycles. The molecule has 2 atom stereocenters. The number of nitrogens with zero attached hydrogens (tertiary/aromatic N) is 1. The molecule has 2 saturated heterocycles. The minimum atomic E-state index is -0.526. The van der Waals surface area contributed by atoms with Crippen molar-refractivity contribution in [3.63, 3.8) is 0 Å². The maximum absolute atomic E-state index is 13.6. The summed E-state index contributed by atoms with van der Waals surface area (Å²) in [5.41, 5.74) is 0.422. The first-order valence-electron chi connectivity index (χ1n) is 6.57. The summed E-state index contributed by atoms with van der Waals surface area (Å²) in [6.45, 7) is 0. The first kappa shape index (κ1) is 11.9. The van der Waals surface area contributed by atoms with Gasteiger partial charge in [-0.05, 0) is 44.9 Å². The quantitative estimate of drug-likeness (QED) is 0.870. The summed E-state index contributed by atoms with van der Waals surface area (Å²) in [7, 11) is 2.18. The molecule has 0 radical (unpaired) electrons. The fraction of sp³-hybridized carbons (Fsp3) is 0.571. The number of halogens is 2. The highest BCUT2D eigenvalue weighted by Gasteiger charge is 2.38. The highest BCUT2D eigenvalue weighted by atomic mass is 19.1. The number of hydrogen-bond acceptors (Lipinski definition) is 2. The molecule has 4 heteroatoms. The van der Waals surface area contributed by atoms with E-state index in [4.69, 9.17) is 0 Å². The lowest BCUT2D eigenvalue weighted by molar-refractivity contribution is 0.168. The van der Waals surface area contributed by atoms with Crippen LogP contribution in [-0.2, 0) is 0 Å². The lowest BCUT2D eigenvalue weighted by Crippen LogP contribution is -2.44. The third kappa shape index (κ3) is 2.09. The summed E-state index contributed by atoms with van der Waals surface area (Å²) in [5.74, 6) is -1.03. The van der Waals surface area contributed by atoms with Gasteiger partial charge < -0.3 is 10.2 Å². The van der Waals surface area contributed by atoms with Gasteiger partial charge in [0.1, 0.15) is 11.6 Å². The molecule has 0 spiro atoms. The van der Waals surface area contributed by atoms with Crippen molar-refractivity contribution < 1.29 is 8.78 Å². The smallest absolute Gasteiger partial charge is 0.149 e. The third-order valence-corrected chi connectivity index (χ3v) is 4.39. The second-order valence-corrected chi connectivity index (χ2v) is 5.49. The SMILES string of the molecule is CN1C2CCC1CC(Nc1ccc(F)cc1F)C2. The molecule has 98 valence electrons. The first-order valence-corrected chi connectivity index (χ1v) is 6.57. The van der Waals surface area contributed by atoms with Crippen molar-refractivity contribution in [1.82, 2.24) is 4.90 Å². The Labute approximate surface area is 106 Å². The van der Waals surface area contributed by atoms with Gasteiger partial charge in [-0.2, -0.15) is 0 Å². The van der Waals surface area contributed by atoms with Crippen molar-refractivity contribution in [3.05, 3.63) is 29.8 Å². The highest BCUT2D eigenvalue weighted by Crippen LogP contribution is 2.35. The van der Waals surface area contributed by atoms with Gasteiger partial charge in [0.15, 0.2) is 0 Å². The van der Waals surface area contributed by atoms with E-state index in [9.17, 15) is 8.78 Å². The normalized spacial score (nSPS) is 31.6. The summed E-state index contributed by atoms with van der Waals surface area (Å²) < 4.78 is 26.4. The van der Waals surface area contributed by atoms with Gasteiger partial charge in [0.05, 0.1) is 5.69 Å². The number of rotatable bonds is 2. The standard InChI is InChI=1S/C14H18F2N2/c1-18-11-3-4-12(18)8-10(7-11)17-14-5-2-9(15)6-13(14)16/h2,5-6,10-12,17H,3-4,7-8H2,1H3. The molecule has 2 aliphatic heterocycles. The number of anilines is 1. The van der Waals surface area contributed by atoms with E-state index in [1.165, 1.54) is 25.0 Å². The molecule has 1 N–H and O–H groups in total. The average molecular weight is 252 g/mol. The molecule has 0 aliphatic carbocycles. The van der Waals surface area contributed by atoms with Crippen LogP contribution in [-0.4, -0.2) is 30.1 Å². The van der Waals surface area contributed by atoms with Crippen LogP contribution in [0.4, 0.5) is 14.5 Å². The topological polar surface area (TPSA) is 15.3 Å². The maximum atomic E-state index is 13.6. The van der Waals surface area contributed by atoms with E-state index < -0.39 is 11.6 Å². The minimum absolute atomic E-state index is 0.304. The van der Waals surface area contributed by atoms with Gasteiger partial charge in [-0.15, -0.1) is 0 Å². The summed E-state index contributed by atoms with van der Waals surface area (Å²) in [6.07, 6.45) is 4.57. The fourth-order valence-electron chi connectivity index (χ4n) is 3.36. The fourth-order valence-corrected chi connectivity index (χ4v) is 3.36. The molecule has 3 rings (SSSR count). The van der Waals surface area contributed by atoms with Crippen LogP contribution in [0.5, 0.6) is 0 Å². The van der Waals surface area contributed by atoms with Crippen LogP contribution in [0.25, 0.3) is 0 Å². The Balaban J connectivity index is 1.70.